The number of rotatable bonds is 6. The summed E-state index contributed by atoms with van der Waals surface area (Å²) in [7, 11) is 0. The van der Waals surface area contributed by atoms with Crippen LogP contribution in [0.4, 0.5) is 11.4 Å². The maximum atomic E-state index is 11.0. The summed E-state index contributed by atoms with van der Waals surface area (Å²) in [5, 5.41) is 11.0. The molecule has 0 heterocycles. The van der Waals surface area contributed by atoms with Crippen LogP contribution in [-0.4, -0.2) is 4.92 Å². The molecule has 21 heavy (non-hydrogen) atoms. The van der Waals surface area contributed by atoms with E-state index in [4.69, 9.17) is 5.84 Å². The molecule has 0 fully saturated rings. The van der Waals surface area contributed by atoms with Crippen LogP contribution in [0.3, 0.4) is 0 Å². The number of nitrogens with two attached hydrogens (primary N) is 1. The zero-order chi connectivity index (χ0) is 15.2. The highest BCUT2D eigenvalue weighted by molar-refractivity contribution is 7.97. The lowest BCUT2D eigenvalue weighted by atomic mass is 10.1. The van der Waals surface area contributed by atoms with Crippen LogP contribution >= 0.6 is 11.8 Å². The van der Waals surface area contributed by atoms with Crippen LogP contribution in [0.2, 0.25) is 0 Å². The van der Waals surface area contributed by atoms with Crippen LogP contribution in [0.1, 0.15) is 16.7 Å². The second-order valence-electron chi connectivity index (χ2n) is 4.67. The van der Waals surface area contributed by atoms with Gasteiger partial charge in [0.1, 0.15) is 5.69 Å². The number of nitrogen functional groups attached to an aromatic ring is 1. The Morgan fingerprint density at radius 3 is 2.67 bits per heavy atom. The summed E-state index contributed by atoms with van der Waals surface area (Å²) in [6, 6.07) is 13.3. The highest BCUT2D eigenvalue weighted by atomic mass is 32.2. The number of nitrogens with one attached hydrogen (secondary N) is 1. The lowest BCUT2D eigenvalue weighted by Crippen LogP contribution is -2.09. The summed E-state index contributed by atoms with van der Waals surface area (Å²) in [5.41, 5.74) is 6.15. The molecule has 6 heteroatoms. The van der Waals surface area contributed by atoms with E-state index in [1.54, 1.807) is 23.9 Å². The van der Waals surface area contributed by atoms with Crippen molar-refractivity contribution in [2.75, 3.05) is 5.43 Å². The van der Waals surface area contributed by atoms with Gasteiger partial charge in [-0.25, -0.2) is 0 Å². The minimum atomic E-state index is -0.426. The van der Waals surface area contributed by atoms with E-state index < -0.39 is 4.92 Å². The van der Waals surface area contributed by atoms with Gasteiger partial charge < -0.3 is 5.43 Å². The highest BCUT2D eigenvalue weighted by Crippen LogP contribution is 2.27. The SMILES string of the molecule is Cc1ccccc1CSCc1ccc(NN)c([N+](=O)[O-])c1. The fourth-order valence-corrected chi connectivity index (χ4v) is 3.05. The van der Waals surface area contributed by atoms with Gasteiger partial charge >= 0.3 is 0 Å². The maximum Gasteiger partial charge on any atom is 0.293 e. The first-order chi connectivity index (χ1) is 10.1. The molecule has 0 spiro atoms. The lowest BCUT2D eigenvalue weighted by molar-refractivity contribution is -0.384. The summed E-state index contributed by atoms with van der Waals surface area (Å²) < 4.78 is 0. The van der Waals surface area contributed by atoms with Gasteiger partial charge in [-0.3, -0.25) is 16.0 Å². The van der Waals surface area contributed by atoms with Gasteiger partial charge in [-0.15, -0.1) is 0 Å². The largest absolute Gasteiger partial charge is 0.318 e. The fourth-order valence-electron chi connectivity index (χ4n) is 1.99. The standard InChI is InChI=1S/C15H17N3O2S/c1-11-4-2-3-5-13(11)10-21-9-12-6-7-14(17-16)15(8-12)18(19)20/h2-8,17H,9-10,16H2,1H3. The second kappa shape index (κ2) is 7.10. The Kier molecular flexibility index (Phi) is 5.19. The van der Waals surface area contributed by atoms with Crippen LogP contribution in [-0.2, 0) is 11.5 Å². The summed E-state index contributed by atoms with van der Waals surface area (Å²) in [6.07, 6.45) is 0. The molecule has 2 aromatic carbocycles. The van der Waals surface area contributed by atoms with Crippen molar-refractivity contribution >= 4 is 23.1 Å². The van der Waals surface area contributed by atoms with Crippen molar-refractivity contribution in [3.63, 3.8) is 0 Å². The number of nitro benzene ring substituents is 1. The van der Waals surface area contributed by atoms with E-state index in [0.29, 0.717) is 5.69 Å². The molecule has 0 aliphatic carbocycles. The molecule has 0 saturated carbocycles. The Morgan fingerprint density at radius 1 is 1.24 bits per heavy atom. The van der Waals surface area contributed by atoms with E-state index in [1.165, 1.54) is 11.1 Å². The number of anilines is 1. The number of hydrogen-bond acceptors (Lipinski definition) is 5. The van der Waals surface area contributed by atoms with E-state index in [9.17, 15) is 10.1 Å². The predicted molar refractivity (Wildman–Crippen MR) is 87.1 cm³/mol. The van der Waals surface area contributed by atoms with Crippen LogP contribution in [0.5, 0.6) is 0 Å². The monoisotopic (exact) mass is 303 g/mol. The van der Waals surface area contributed by atoms with Crippen molar-refractivity contribution in [2.24, 2.45) is 5.84 Å². The second-order valence-corrected chi connectivity index (χ2v) is 5.66. The summed E-state index contributed by atoms with van der Waals surface area (Å²) in [6.45, 7) is 2.09. The summed E-state index contributed by atoms with van der Waals surface area (Å²) in [4.78, 5) is 10.6. The molecular weight excluding hydrogens is 286 g/mol. The molecule has 0 atom stereocenters. The average molecular weight is 303 g/mol. The highest BCUT2D eigenvalue weighted by Gasteiger charge is 2.13. The molecular formula is C15H17N3O2S. The van der Waals surface area contributed by atoms with Crippen LogP contribution in [0.25, 0.3) is 0 Å². The smallest absolute Gasteiger partial charge is 0.293 e. The lowest BCUT2D eigenvalue weighted by Gasteiger charge is -2.07. The van der Waals surface area contributed by atoms with Crippen molar-refractivity contribution in [1.29, 1.82) is 0 Å². The molecule has 0 saturated heterocycles. The van der Waals surface area contributed by atoms with Crippen LogP contribution < -0.4 is 11.3 Å². The molecule has 0 aromatic heterocycles. The van der Waals surface area contributed by atoms with E-state index in [2.05, 4.69) is 24.5 Å². The Labute approximate surface area is 127 Å². The predicted octanol–water partition coefficient (Wildman–Crippen LogP) is 3.62. The zero-order valence-electron chi connectivity index (χ0n) is 11.7. The fraction of sp³-hybridized carbons (Fsp3) is 0.200. The van der Waals surface area contributed by atoms with E-state index >= 15 is 0 Å². The van der Waals surface area contributed by atoms with Gasteiger partial charge in [-0.2, -0.15) is 11.8 Å². The van der Waals surface area contributed by atoms with Crippen LogP contribution in [0.15, 0.2) is 42.5 Å². The number of nitro groups is 1. The normalized spacial score (nSPS) is 10.4. The van der Waals surface area contributed by atoms with Gasteiger partial charge in [0.05, 0.1) is 4.92 Å². The number of aryl methyl sites for hydroxylation is 1. The number of hydrazine groups is 1. The van der Waals surface area contributed by atoms with Crippen molar-refractivity contribution in [2.45, 2.75) is 18.4 Å². The Morgan fingerprint density at radius 2 is 2.00 bits per heavy atom. The zero-order valence-corrected chi connectivity index (χ0v) is 12.5. The molecule has 2 aromatic rings. The van der Waals surface area contributed by atoms with Crippen molar-refractivity contribution < 1.29 is 4.92 Å². The molecule has 0 bridgehead atoms. The Balaban J connectivity index is 2.02. The van der Waals surface area contributed by atoms with E-state index in [0.717, 1.165) is 17.1 Å². The van der Waals surface area contributed by atoms with Gasteiger partial charge in [-0.1, -0.05) is 30.3 Å². The Hall–Kier alpha value is -2.05. The van der Waals surface area contributed by atoms with Crippen LogP contribution in [0, 0.1) is 17.0 Å². The van der Waals surface area contributed by atoms with Crippen molar-refractivity contribution in [3.8, 4) is 0 Å². The quantitative estimate of drug-likeness (QED) is 0.484. The topological polar surface area (TPSA) is 81.2 Å². The molecule has 0 radical (unpaired) electrons. The van der Waals surface area contributed by atoms with Gasteiger partial charge in [0.15, 0.2) is 0 Å². The molecule has 110 valence electrons. The summed E-state index contributed by atoms with van der Waals surface area (Å²) in [5.74, 6) is 6.88. The van der Waals surface area contributed by atoms with E-state index in [1.807, 2.05) is 18.2 Å². The molecule has 3 N–H and O–H groups in total. The molecule has 5 nitrogen and oxygen atoms in total. The average Bonchev–Trinajstić information content (AvgIpc) is 2.49. The first-order valence-corrected chi connectivity index (χ1v) is 7.63. The number of thioether (sulfide) groups is 1. The number of hydrogen-bond donors (Lipinski definition) is 2. The van der Waals surface area contributed by atoms with Gasteiger partial charge in [0.2, 0.25) is 0 Å². The van der Waals surface area contributed by atoms with E-state index in [-0.39, 0.29) is 5.69 Å². The number of benzene rings is 2. The first kappa shape index (κ1) is 15.3. The summed E-state index contributed by atoms with van der Waals surface area (Å²) >= 11 is 1.73. The minimum absolute atomic E-state index is 0.00601. The number of nitrogens with zero attached hydrogens (tertiary/aromatic N) is 1. The van der Waals surface area contributed by atoms with Crippen molar-refractivity contribution in [1.82, 2.24) is 0 Å². The molecule has 0 aliphatic rings. The van der Waals surface area contributed by atoms with Gasteiger partial charge in [-0.05, 0) is 29.7 Å². The van der Waals surface area contributed by atoms with Crippen molar-refractivity contribution in [3.05, 3.63) is 69.3 Å². The molecule has 2 rings (SSSR count). The molecule has 0 aliphatic heterocycles. The Bertz CT molecular complexity index is 647. The molecule has 0 unspecified atom stereocenters. The third-order valence-electron chi connectivity index (χ3n) is 3.20. The third kappa shape index (κ3) is 3.96. The third-order valence-corrected chi connectivity index (χ3v) is 4.25. The maximum absolute atomic E-state index is 11.0. The van der Waals surface area contributed by atoms with Gasteiger partial charge in [0.25, 0.3) is 5.69 Å². The first-order valence-electron chi connectivity index (χ1n) is 6.48. The minimum Gasteiger partial charge on any atom is -0.318 e. The molecule has 0 amide bonds. The van der Waals surface area contributed by atoms with Gasteiger partial charge in [0, 0.05) is 17.6 Å².